The third kappa shape index (κ3) is 3.47. The molecule has 1 atom stereocenters. The van der Waals surface area contributed by atoms with E-state index in [0.717, 1.165) is 10.9 Å². The van der Waals surface area contributed by atoms with Gasteiger partial charge in [-0.25, -0.2) is 4.79 Å². The zero-order valence-corrected chi connectivity index (χ0v) is 17.5. The quantitative estimate of drug-likeness (QED) is 0.415. The molecule has 0 unspecified atom stereocenters. The first-order chi connectivity index (χ1) is 15.9. The number of nitrogens with zero attached hydrogens (tertiary/aromatic N) is 1. The molecule has 9 heteroatoms. The van der Waals surface area contributed by atoms with E-state index in [1.54, 1.807) is 36.4 Å². The Morgan fingerprint density at radius 3 is 2.67 bits per heavy atom. The summed E-state index contributed by atoms with van der Waals surface area (Å²) in [4.78, 5) is 54.4. The molecule has 0 radical (unpaired) electrons. The lowest BCUT2D eigenvalue weighted by molar-refractivity contribution is -0.122. The molecule has 33 heavy (non-hydrogen) atoms. The number of methoxy groups -OCH3 is 1. The molecule has 0 aliphatic carbocycles. The van der Waals surface area contributed by atoms with Gasteiger partial charge in [0.15, 0.2) is 0 Å². The molecule has 9 nitrogen and oxygen atoms in total. The fourth-order valence-electron chi connectivity index (χ4n) is 4.03. The molecule has 0 saturated carbocycles. The Kier molecular flexibility index (Phi) is 4.64. The second-order valence-electron chi connectivity index (χ2n) is 7.85. The van der Waals surface area contributed by atoms with Crippen LogP contribution in [0, 0.1) is 11.8 Å². The first kappa shape index (κ1) is 20.3. The molecule has 3 heterocycles. The van der Waals surface area contributed by atoms with Gasteiger partial charge in [0.2, 0.25) is 5.54 Å². The van der Waals surface area contributed by atoms with Crippen molar-refractivity contribution in [2.24, 2.45) is 0 Å². The van der Waals surface area contributed by atoms with Crippen LogP contribution in [0.15, 0.2) is 53.3 Å². The molecule has 1 aromatic heterocycles. The van der Waals surface area contributed by atoms with Crippen LogP contribution in [-0.4, -0.2) is 46.9 Å². The fourth-order valence-corrected chi connectivity index (χ4v) is 4.03. The van der Waals surface area contributed by atoms with Crippen LogP contribution < -0.4 is 20.9 Å². The zero-order chi connectivity index (χ0) is 23.2. The van der Waals surface area contributed by atoms with Crippen molar-refractivity contribution in [2.45, 2.75) is 12.1 Å². The summed E-state index contributed by atoms with van der Waals surface area (Å²) in [5, 5.41) is 5.49. The van der Waals surface area contributed by atoms with Crippen LogP contribution in [-0.2, 0) is 11.3 Å². The maximum atomic E-state index is 13.0. The van der Waals surface area contributed by atoms with Gasteiger partial charge in [-0.05, 0) is 35.2 Å². The number of aromatic amines is 1. The normalized spacial score (nSPS) is 19.1. The molecule has 4 amide bonds. The van der Waals surface area contributed by atoms with E-state index in [1.165, 1.54) is 12.0 Å². The number of rotatable bonds is 3. The van der Waals surface area contributed by atoms with E-state index in [-0.39, 0.29) is 24.6 Å². The van der Waals surface area contributed by atoms with Crippen molar-refractivity contribution in [3.63, 3.8) is 0 Å². The van der Waals surface area contributed by atoms with E-state index in [9.17, 15) is 19.2 Å². The molecule has 2 aromatic carbocycles. The van der Waals surface area contributed by atoms with Crippen LogP contribution in [0.5, 0.6) is 5.75 Å². The van der Waals surface area contributed by atoms with Crippen LogP contribution >= 0.6 is 0 Å². The predicted molar refractivity (Wildman–Crippen MR) is 119 cm³/mol. The number of benzene rings is 2. The molecular weight excluding hydrogens is 424 g/mol. The highest BCUT2D eigenvalue weighted by atomic mass is 16.5. The van der Waals surface area contributed by atoms with Crippen molar-refractivity contribution in [1.29, 1.82) is 0 Å². The van der Waals surface area contributed by atoms with E-state index in [2.05, 4.69) is 27.5 Å². The number of urea groups is 1. The van der Waals surface area contributed by atoms with Crippen molar-refractivity contribution >= 4 is 28.7 Å². The van der Waals surface area contributed by atoms with Gasteiger partial charge in [0.1, 0.15) is 5.75 Å². The first-order valence-corrected chi connectivity index (χ1v) is 10.1. The van der Waals surface area contributed by atoms with E-state index >= 15 is 0 Å². The van der Waals surface area contributed by atoms with Crippen molar-refractivity contribution in [2.75, 3.05) is 13.7 Å². The highest BCUT2D eigenvalue weighted by Crippen LogP contribution is 2.28. The third-order valence-electron chi connectivity index (χ3n) is 5.73. The minimum Gasteiger partial charge on any atom is -0.497 e. The monoisotopic (exact) mass is 442 g/mol. The standard InChI is InChI=1S/C24H18N4O5/c1-33-17-7-6-16-12-28(21(30)18(16)11-17)13-24(22(31)26-23(32)27-24)9-8-15-10-14-4-2-3-5-19(14)25-20(15)29/h2-7,10-11H,12-13H2,1H3,(H,25,29)(H2,26,27,31,32)/t24-/m1/s1. The number of imide groups is 1. The second kappa shape index (κ2) is 7.53. The second-order valence-corrected chi connectivity index (χ2v) is 7.85. The minimum atomic E-state index is -1.70. The lowest BCUT2D eigenvalue weighted by Crippen LogP contribution is -2.54. The van der Waals surface area contributed by atoms with E-state index in [4.69, 9.17) is 4.74 Å². The van der Waals surface area contributed by atoms with E-state index in [0.29, 0.717) is 16.8 Å². The number of nitrogens with one attached hydrogen (secondary N) is 3. The Morgan fingerprint density at radius 1 is 1.09 bits per heavy atom. The number of hydrogen-bond acceptors (Lipinski definition) is 5. The number of amides is 4. The highest BCUT2D eigenvalue weighted by Gasteiger charge is 2.48. The average Bonchev–Trinajstić information content (AvgIpc) is 3.26. The molecule has 3 aromatic rings. The van der Waals surface area contributed by atoms with Gasteiger partial charge in [0, 0.05) is 17.6 Å². The van der Waals surface area contributed by atoms with E-state index in [1.807, 2.05) is 12.1 Å². The van der Waals surface area contributed by atoms with Gasteiger partial charge in [0.05, 0.1) is 19.2 Å². The predicted octanol–water partition coefficient (Wildman–Crippen LogP) is 1.12. The molecule has 164 valence electrons. The Hall–Kier alpha value is -4.58. The number of carbonyl (C=O) groups is 3. The number of fused-ring (bicyclic) bond motifs is 2. The summed E-state index contributed by atoms with van der Waals surface area (Å²) in [6.45, 7) is 0.0696. The lowest BCUT2D eigenvalue weighted by atomic mass is 9.99. The van der Waals surface area contributed by atoms with Gasteiger partial charge in [-0.3, -0.25) is 19.7 Å². The molecule has 0 spiro atoms. The van der Waals surface area contributed by atoms with Crippen LogP contribution in [0.25, 0.3) is 10.9 Å². The smallest absolute Gasteiger partial charge is 0.323 e. The summed E-state index contributed by atoms with van der Waals surface area (Å²) in [7, 11) is 1.51. The molecule has 5 rings (SSSR count). The summed E-state index contributed by atoms with van der Waals surface area (Å²) in [5.41, 5.74) is -0.0734. The van der Waals surface area contributed by atoms with Gasteiger partial charge < -0.3 is 19.9 Å². The average molecular weight is 442 g/mol. The Morgan fingerprint density at radius 2 is 1.91 bits per heavy atom. The highest BCUT2D eigenvalue weighted by molar-refractivity contribution is 6.10. The number of para-hydroxylation sites is 1. The number of aromatic nitrogens is 1. The lowest BCUT2D eigenvalue weighted by Gasteiger charge is -2.26. The maximum Gasteiger partial charge on any atom is 0.323 e. The van der Waals surface area contributed by atoms with Gasteiger partial charge in [-0.2, -0.15) is 0 Å². The molecule has 2 aliphatic heterocycles. The Labute approximate surface area is 187 Å². The van der Waals surface area contributed by atoms with Crippen molar-refractivity contribution in [3.8, 4) is 17.6 Å². The largest absolute Gasteiger partial charge is 0.497 e. The molecule has 3 N–H and O–H groups in total. The summed E-state index contributed by atoms with van der Waals surface area (Å²) < 4.78 is 5.19. The van der Waals surface area contributed by atoms with Crippen LogP contribution in [0.4, 0.5) is 4.79 Å². The molecular formula is C24H18N4O5. The molecule has 1 saturated heterocycles. The van der Waals surface area contributed by atoms with Crippen molar-refractivity contribution in [3.05, 3.63) is 75.6 Å². The fraction of sp³-hybridized carbons (Fsp3) is 0.167. The number of ether oxygens (including phenoxy) is 1. The zero-order valence-electron chi connectivity index (χ0n) is 17.5. The Bertz CT molecular complexity index is 1460. The third-order valence-corrected chi connectivity index (χ3v) is 5.73. The van der Waals surface area contributed by atoms with Crippen LogP contribution in [0.2, 0.25) is 0 Å². The molecule has 2 aliphatic rings. The maximum absolute atomic E-state index is 13.0. The molecule has 1 fully saturated rings. The summed E-state index contributed by atoms with van der Waals surface area (Å²) in [6, 6.07) is 13.3. The minimum absolute atomic E-state index is 0.141. The van der Waals surface area contributed by atoms with Gasteiger partial charge in [-0.1, -0.05) is 36.1 Å². The SMILES string of the molecule is COc1ccc2c(c1)C(=O)N(C[C@@]1(C#Cc3cc4ccccc4[nH]c3=O)NC(=O)NC1=O)C2. The van der Waals surface area contributed by atoms with E-state index < -0.39 is 23.0 Å². The Balaban J connectivity index is 1.51. The number of H-pyrrole nitrogens is 1. The number of hydrogen-bond donors (Lipinski definition) is 3. The van der Waals surface area contributed by atoms with Crippen LogP contribution in [0.3, 0.4) is 0 Å². The number of carbonyl (C=O) groups excluding carboxylic acids is 3. The van der Waals surface area contributed by atoms with Crippen molar-refractivity contribution in [1.82, 2.24) is 20.5 Å². The van der Waals surface area contributed by atoms with Gasteiger partial charge in [0.25, 0.3) is 17.4 Å². The van der Waals surface area contributed by atoms with Crippen LogP contribution in [0.1, 0.15) is 21.5 Å². The summed E-state index contributed by atoms with van der Waals surface area (Å²) >= 11 is 0. The van der Waals surface area contributed by atoms with Gasteiger partial charge in [-0.15, -0.1) is 0 Å². The van der Waals surface area contributed by atoms with Crippen molar-refractivity contribution < 1.29 is 19.1 Å². The number of pyridine rings is 1. The van der Waals surface area contributed by atoms with Gasteiger partial charge >= 0.3 is 6.03 Å². The molecule has 0 bridgehead atoms. The first-order valence-electron chi connectivity index (χ1n) is 10.1. The summed E-state index contributed by atoms with van der Waals surface area (Å²) in [5.74, 6) is 5.06. The summed E-state index contributed by atoms with van der Waals surface area (Å²) in [6.07, 6.45) is 0. The topological polar surface area (TPSA) is 121 Å².